The van der Waals surface area contributed by atoms with Gasteiger partial charge < -0.3 is 15.7 Å². The highest BCUT2D eigenvalue weighted by molar-refractivity contribution is 5.65. The number of carboxylic acid groups (broad SMARTS) is 1. The van der Waals surface area contributed by atoms with Gasteiger partial charge in [-0.15, -0.1) is 0 Å². The van der Waals surface area contributed by atoms with Gasteiger partial charge in [0.2, 0.25) is 0 Å². The number of likely N-dealkylation sites (tertiary alicyclic amines) is 1. The van der Waals surface area contributed by atoms with Gasteiger partial charge in [0.25, 0.3) is 0 Å². The summed E-state index contributed by atoms with van der Waals surface area (Å²) in [6.07, 6.45) is 1.99. The zero-order valence-corrected chi connectivity index (χ0v) is 11.0. The van der Waals surface area contributed by atoms with Gasteiger partial charge >= 0.3 is 6.09 Å². The lowest BCUT2D eigenvalue weighted by Crippen LogP contribution is -2.41. The smallest absolute Gasteiger partial charge is 0.407 e. The normalized spacial score (nSPS) is 33.4. The van der Waals surface area contributed by atoms with E-state index in [0.29, 0.717) is 24.9 Å². The van der Waals surface area contributed by atoms with Gasteiger partial charge in [-0.05, 0) is 36.7 Å². The third kappa shape index (κ3) is 2.45. The topological polar surface area (TPSA) is 66.6 Å². The van der Waals surface area contributed by atoms with Gasteiger partial charge in [-0.3, -0.25) is 0 Å². The molecule has 1 aliphatic carbocycles. The standard InChI is InChI=1S/C15H20N2O2/c16-15(6-11-4-2-1-3-5-11)7-12-9-17(14(18)19)10-13(12)8-15/h1-5,12-13H,6-10,16H2,(H,18,19). The van der Waals surface area contributed by atoms with Crippen LogP contribution in [-0.2, 0) is 6.42 Å². The van der Waals surface area contributed by atoms with Crippen molar-refractivity contribution in [1.29, 1.82) is 0 Å². The zero-order valence-electron chi connectivity index (χ0n) is 11.0. The van der Waals surface area contributed by atoms with E-state index in [4.69, 9.17) is 10.8 Å². The zero-order chi connectivity index (χ0) is 13.5. The Morgan fingerprint density at radius 1 is 1.26 bits per heavy atom. The Kier molecular flexibility index (Phi) is 2.97. The molecule has 4 heteroatoms. The molecule has 4 nitrogen and oxygen atoms in total. The summed E-state index contributed by atoms with van der Waals surface area (Å²) in [5.74, 6) is 0.898. The molecule has 3 N–H and O–H groups in total. The number of nitrogens with zero attached hydrogens (tertiary/aromatic N) is 1. The second-order valence-corrected chi connectivity index (χ2v) is 6.14. The molecule has 0 radical (unpaired) electrons. The highest BCUT2D eigenvalue weighted by Gasteiger charge is 2.47. The van der Waals surface area contributed by atoms with Crippen LogP contribution >= 0.6 is 0 Å². The highest BCUT2D eigenvalue weighted by Crippen LogP contribution is 2.44. The summed E-state index contributed by atoms with van der Waals surface area (Å²) >= 11 is 0. The largest absolute Gasteiger partial charge is 0.465 e. The van der Waals surface area contributed by atoms with Crippen LogP contribution in [0.3, 0.4) is 0 Å². The number of nitrogens with two attached hydrogens (primary N) is 1. The number of amides is 1. The van der Waals surface area contributed by atoms with Crippen molar-refractivity contribution in [3.05, 3.63) is 35.9 Å². The van der Waals surface area contributed by atoms with Crippen LogP contribution in [0.5, 0.6) is 0 Å². The molecule has 102 valence electrons. The molecular weight excluding hydrogens is 240 g/mol. The van der Waals surface area contributed by atoms with E-state index >= 15 is 0 Å². The fraction of sp³-hybridized carbons (Fsp3) is 0.533. The van der Waals surface area contributed by atoms with Crippen molar-refractivity contribution in [3.63, 3.8) is 0 Å². The van der Waals surface area contributed by atoms with Gasteiger partial charge in [0.15, 0.2) is 0 Å². The first-order valence-electron chi connectivity index (χ1n) is 6.86. The molecule has 2 fully saturated rings. The Morgan fingerprint density at radius 3 is 2.37 bits per heavy atom. The predicted molar refractivity (Wildman–Crippen MR) is 72.9 cm³/mol. The van der Waals surface area contributed by atoms with E-state index in [1.165, 1.54) is 10.5 Å². The maximum absolute atomic E-state index is 11.0. The molecule has 2 atom stereocenters. The van der Waals surface area contributed by atoms with Gasteiger partial charge in [-0.25, -0.2) is 4.79 Å². The van der Waals surface area contributed by atoms with Crippen LogP contribution in [0.4, 0.5) is 4.79 Å². The van der Waals surface area contributed by atoms with Gasteiger partial charge in [0, 0.05) is 18.6 Å². The molecule has 2 unspecified atom stereocenters. The summed E-state index contributed by atoms with van der Waals surface area (Å²) in [6, 6.07) is 10.3. The number of fused-ring (bicyclic) bond motifs is 1. The summed E-state index contributed by atoms with van der Waals surface area (Å²) in [5.41, 5.74) is 7.66. The van der Waals surface area contributed by atoms with Crippen molar-refractivity contribution in [2.45, 2.75) is 24.8 Å². The molecule has 2 aliphatic rings. The Labute approximate surface area is 113 Å². The molecule has 0 spiro atoms. The highest BCUT2D eigenvalue weighted by atomic mass is 16.4. The lowest BCUT2D eigenvalue weighted by molar-refractivity contribution is 0.150. The summed E-state index contributed by atoms with van der Waals surface area (Å²) in [7, 11) is 0. The molecule has 0 aromatic heterocycles. The van der Waals surface area contributed by atoms with Crippen LogP contribution < -0.4 is 5.73 Å². The van der Waals surface area contributed by atoms with Crippen LogP contribution in [-0.4, -0.2) is 34.7 Å². The van der Waals surface area contributed by atoms with Gasteiger partial charge in [0.1, 0.15) is 0 Å². The summed E-state index contributed by atoms with van der Waals surface area (Å²) < 4.78 is 0. The molecule has 1 saturated heterocycles. The third-order valence-electron chi connectivity index (χ3n) is 4.58. The third-order valence-corrected chi connectivity index (χ3v) is 4.58. The van der Waals surface area contributed by atoms with Crippen LogP contribution in [0.25, 0.3) is 0 Å². The van der Waals surface area contributed by atoms with Crippen molar-refractivity contribution in [3.8, 4) is 0 Å². The van der Waals surface area contributed by atoms with Crippen LogP contribution in [0.2, 0.25) is 0 Å². The Bertz CT molecular complexity index is 460. The number of hydrogen-bond acceptors (Lipinski definition) is 2. The van der Waals surface area contributed by atoms with E-state index < -0.39 is 6.09 Å². The molecule has 1 aromatic carbocycles. The van der Waals surface area contributed by atoms with Crippen molar-refractivity contribution >= 4 is 6.09 Å². The SMILES string of the molecule is NC1(Cc2ccccc2)CC2CN(C(=O)O)CC2C1. The lowest BCUT2D eigenvalue weighted by atomic mass is 9.89. The Balaban J connectivity index is 1.66. The van der Waals surface area contributed by atoms with Crippen molar-refractivity contribution in [2.24, 2.45) is 17.6 Å². The maximum atomic E-state index is 11.0. The molecule has 0 bridgehead atoms. The maximum Gasteiger partial charge on any atom is 0.407 e. The average molecular weight is 260 g/mol. The Hall–Kier alpha value is -1.55. The van der Waals surface area contributed by atoms with Gasteiger partial charge in [-0.1, -0.05) is 30.3 Å². The van der Waals surface area contributed by atoms with Crippen LogP contribution in [0.1, 0.15) is 18.4 Å². The molecular formula is C15H20N2O2. The molecule has 1 saturated carbocycles. The summed E-state index contributed by atoms with van der Waals surface area (Å²) in [6.45, 7) is 1.32. The van der Waals surface area contributed by atoms with Crippen molar-refractivity contribution < 1.29 is 9.90 Å². The number of benzene rings is 1. The second-order valence-electron chi connectivity index (χ2n) is 6.14. The average Bonchev–Trinajstić information content (AvgIpc) is 2.85. The van der Waals surface area contributed by atoms with E-state index in [2.05, 4.69) is 12.1 Å². The van der Waals surface area contributed by atoms with Gasteiger partial charge in [-0.2, -0.15) is 0 Å². The molecule has 1 aromatic rings. The second kappa shape index (κ2) is 4.53. The predicted octanol–water partition coefficient (Wildman–Crippen LogP) is 1.95. The number of rotatable bonds is 2. The fourth-order valence-corrected chi connectivity index (χ4v) is 3.83. The minimum absolute atomic E-state index is 0.152. The minimum atomic E-state index is -0.792. The number of carbonyl (C=O) groups is 1. The lowest BCUT2D eigenvalue weighted by Gasteiger charge is -2.26. The summed E-state index contributed by atoms with van der Waals surface area (Å²) in [5, 5.41) is 9.03. The quantitative estimate of drug-likeness (QED) is 0.854. The summed E-state index contributed by atoms with van der Waals surface area (Å²) in [4.78, 5) is 12.5. The first kappa shape index (κ1) is 12.5. The van der Waals surface area contributed by atoms with E-state index in [-0.39, 0.29) is 5.54 Å². The van der Waals surface area contributed by atoms with Crippen molar-refractivity contribution in [2.75, 3.05) is 13.1 Å². The van der Waals surface area contributed by atoms with Crippen LogP contribution in [0, 0.1) is 11.8 Å². The monoisotopic (exact) mass is 260 g/mol. The molecule has 19 heavy (non-hydrogen) atoms. The van der Waals surface area contributed by atoms with Gasteiger partial charge in [0.05, 0.1) is 0 Å². The van der Waals surface area contributed by atoms with E-state index in [9.17, 15) is 4.79 Å². The van der Waals surface area contributed by atoms with E-state index in [1.54, 1.807) is 0 Å². The van der Waals surface area contributed by atoms with Crippen molar-refractivity contribution in [1.82, 2.24) is 4.90 Å². The minimum Gasteiger partial charge on any atom is -0.465 e. The van der Waals surface area contributed by atoms with E-state index in [0.717, 1.165) is 19.3 Å². The molecule has 3 rings (SSSR count). The molecule has 1 heterocycles. The van der Waals surface area contributed by atoms with Crippen LogP contribution in [0.15, 0.2) is 30.3 Å². The van der Waals surface area contributed by atoms with E-state index in [1.807, 2.05) is 18.2 Å². The fourth-order valence-electron chi connectivity index (χ4n) is 3.83. The first-order chi connectivity index (χ1) is 9.06. The first-order valence-corrected chi connectivity index (χ1v) is 6.86. The number of hydrogen-bond donors (Lipinski definition) is 2. The molecule has 1 aliphatic heterocycles. The Morgan fingerprint density at radius 2 is 1.84 bits per heavy atom. The molecule has 1 amide bonds.